The fraction of sp³-hybridized carbons (Fsp3) is 0.467. The number of carbonyl (C=O) groups excluding carboxylic acids is 1. The van der Waals surface area contributed by atoms with E-state index in [0.717, 1.165) is 24.3 Å². The third kappa shape index (κ3) is 2.90. The molecule has 0 bridgehead atoms. The summed E-state index contributed by atoms with van der Waals surface area (Å²) in [5, 5.41) is 24.9. The number of fused-ring (bicyclic) bond motifs is 1. The number of carbonyl (C=O) groups is 1. The fourth-order valence-corrected chi connectivity index (χ4v) is 2.69. The molecule has 3 heterocycles. The van der Waals surface area contributed by atoms with E-state index >= 15 is 0 Å². The Bertz CT molecular complexity index is 664. The summed E-state index contributed by atoms with van der Waals surface area (Å²) in [6, 6.07) is 3.97. The lowest BCUT2D eigenvalue weighted by molar-refractivity contribution is 0.0803. The molecule has 0 saturated carbocycles. The molecule has 1 unspecified atom stereocenters. The van der Waals surface area contributed by atoms with E-state index in [2.05, 4.69) is 15.3 Å². The van der Waals surface area contributed by atoms with Crippen LogP contribution in [0.15, 0.2) is 24.5 Å². The summed E-state index contributed by atoms with van der Waals surface area (Å²) in [5.41, 5.74) is 2.29. The van der Waals surface area contributed by atoms with Crippen LogP contribution in [0, 0.1) is 0 Å². The Labute approximate surface area is 128 Å². The number of pyridine rings is 1. The average Bonchev–Trinajstić information content (AvgIpc) is 3.20. The smallest absolute Gasteiger partial charge is 0.255 e. The van der Waals surface area contributed by atoms with Gasteiger partial charge in [0.1, 0.15) is 0 Å². The molecule has 7 heteroatoms. The van der Waals surface area contributed by atoms with Gasteiger partial charge in [0.25, 0.3) is 5.91 Å². The van der Waals surface area contributed by atoms with Crippen LogP contribution in [0.4, 0.5) is 5.69 Å². The summed E-state index contributed by atoms with van der Waals surface area (Å²) in [5.74, 6) is -0.305. The van der Waals surface area contributed by atoms with Gasteiger partial charge in [-0.3, -0.25) is 4.79 Å². The van der Waals surface area contributed by atoms with E-state index in [0.29, 0.717) is 5.56 Å². The first-order chi connectivity index (χ1) is 10.7. The number of nitrogens with zero attached hydrogens (tertiary/aromatic N) is 3. The minimum atomic E-state index is -0.953. The van der Waals surface area contributed by atoms with Gasteiger partial charge in [0.2, 0.25) is 0 Å². The van der Waals surface area contributed by atoms with Crippen LogP contribution in [-0.4, -0.2) is 58.1 Å². The highest BCUT2D eigenvalue weighted by Crippen LogP contribution is 2.23. The number of rotatable bonds is 5. The predicted molar refractivity (Wildman–Crippen MR) is 82.1 cm³/mol. The Morgan fingerprint density at radius 1 is 1.41 bits per heavy atom. The standard InChI is InChI=1S/C15H20N4O3/c20-10-12(21)8-16-15(22)13-9-17-19-6-3-11(7-14(13)19)18-4-1-2-5-18/h3,6-7,9,12,20-21H,1-2,4-5,8,10H2,(H,16,22). The van der Waals surface area contributed by atoms with Gasteiger partial charge < -0.3 is 20.4 Å². The van der Waals surface area contributed by atoms with Crippen molar-refractivity contribution in [3.05, 3.63) is 30.1 Å². The van der Waals surface area contributed by atoms with Crippen LogP contribution in [-0.2, 0) is 0 Å². The van der Waals surface area contributed by atoms with Gasteiger partial charge >= 0.3 is 0 Å². The maximum absolute atomic E-state index is 12.2. The van der Waals surface area contributed by atoms with Crippen molar-refractivity contribution in [3.63, 3.8) is 0 Å². The molecule has 1 fully saturated rings. The number of aromatic nitrogens is 2. The highest BCUT2D eigenvalue weighted by atomic mass is 16.3. The van der Waals surface area contributed by atoms with Crippen molar-refractivity contribution in [3.8, 4) is 0 Å². The summed E-state index contributed by atoms with van der Waals surface area (Å²) in [6.45, 7) is 1.70. The molecule has 3 N–H and O–H groups in total. The van der Waals surface area contributed by atoms with Crippen LogP contribution in [0.25, 0.3) is 5.52 Å². The molecule has 1 saturated heterocycles. The van der Waals surface area contributed by atoms with Crippen molar-refractivity contribution in [2.75, 3.05) is 31.1 Å². The Morgan fingerprint density at radius 2 is 2.18 bits per heavy atom. The summed E-state index contributed by atoms with van der Waals surface area (Å²) in [7, 11) is 0. The molecule has 7 nitrogen and oxygen atoms in total. The van der Waals surface area contributed by atoms with Crippen LogP contribution in [0.5, 0.6) is 0 Å². The molecular formula is C15H20N4O3. The van der Waals surface area contributed by atoms with E-state index in [1.807, 2.05) is 18.3 Å². The van der Waals surface area contributed by atoms with Crippen LogP contribution in [0.3, 0.4) is 0 Å². The molecule has 22 heavy (non-hydrogen) atoms. The molecule has 118 valence electrons. The maximum Gasteiger partial charge on any atom is 0.255 e. The first-order valence-corrected chi connectivity index (χ1v) is 7.48. The molecular weight excluding hydrogens is 284 g/mol. The number of hydrogen-bond donors (Lipinski definition) is 3. The zero-order chi connectivity index (χ0) is 15.5. The van der Waals surface area contributed by atoms with Gasteiger partial charge in [-0.25, -0.2) is 4.52 Å². The number of aliphatic hydroxyl groups is 2. The highest BCUT2D eigenvalue weighted by molar-refractivity contribution is 6.01. The SMILES string of the molecule is O=C(NCC(O)CO)c1cnn2ccc(N3CCCC3)cc12. The maximum atomic E-state index is 12.2. The minimum Gasteiger partial charge on any atom is -0.394 e. The largest absolute Gasteiger partial charge is 0.394 e. The zero-order valence-electron chi connectivity index (χ0n) is 12.3. The summed E-state index contributed by atoms with van der Waals surface area (Å²) in [6.07, 6.45) is 4.80. The van der Waals surface area contributed by atoms with E-state index in [1.54, 1.807) is 4.52 Å². The van der Waals surface area contributed by atoms with Gasteiger partial charge in [0, 0.05) is 31.5 Å². The van der Waals surface area contributed by atoms with Crippen LogP contribution in [0.2, 0.25) is 0 Å². The number of amides is 1. The van der Waals surface area contributed by atoms with Crippen molar-refractivity contribution in [2.24, 2.45) is 0 Å². The van der Waals surface area contributed by atoms with E-state index < -0.39 is 6.10 Å². The Balaban J connectivity index is 1.83. The summed E-state index contributed by atoms with van der Waals surface area (Å²) >= 11 is 0. The number of aliphatic hydroxyl groups excluding tert-OH is 2. The van der Waals surface area contributed by atoms with Crippen LogP contribution in [0.1, 0.15) is 23.2 Å². The Morgan fingerprint density at radius 3 is 2.91 bits per heavy atom. The van der Waals surface area contributed by atoms with Gasteiger partial charge in [-0.2, -0.15) is 5.10 Å². The third-order valence-electron chi connectivity index (χ3n) is 3.93. The lowest BCUT2D eigenvalue weighted by Crippen LogP contribution is -2.33. The van der Waals surface area contributed by atoms with Crippen molar-refractivity contribution in [1.29, 1.82) is 0 Å². The van der Waals surface area contributed by atoms with E-state index in [9.17, 15) is 9.90 Å². The molecule has 2 aromatic heterocycles. The molecule has 0 aromatic carbocycles. The minimum absolute atomic E-state index is 0.0124. The van der Waals surface area contributed by atoms with E-state index in [-0.39, 0.29) is 19.1 Å². The van der Waals surface area contributed by atoms with Crippen molar-refractivity contribution >= 4 is 17.1 Å². The molecule has 0 radical (unpaired) electrons. The Hall–Kier alpha value is -2.12. The normalized spacial score (nSPS) is 16.2. The van der Waals surface area contributed by atoms with E-state index in [1.165, 1.54) is 19.0 Å². The summed E-state index contributed by atoms with van der Waals surface area (Å²) < 4.78 is 1.66. The fourth-order valence-electron chi connectivity index (χ4n) is 2.69. The monoisotopic (exact) mass is 304 g/mol. The van der Waals surface area contributed by atoms with Crippen molar-refractivity contribution in [2.45, 2.75) is 18.9 Å². The lowest BCUT2D eigenvalue weighted by Gasteiger charge is -2.17. The van der Waals surface area contributed by atoms with Crippen LogP contribution < -0.4 is 10.2 Å². The first-order valence-electron chi connectivity index (χ1n) is 7.48. The average molecular weight is 304 g/mol. The highest BCUT2D eigenvalue weighted by Gasteiger charge is 2.17. The molecule has 2 aromatic rings. The molecule has 1 atom stereocenters. The topological polar surface area (TPSA) is 90.1 Å². The second kappa shape index (κ2) is 6.33. The Kier molecular flexibility index (Phi) is 4.26. The zero-order valence-corrected chi connectivity index (χ0v) is 12.3. The van der Waals surface area contributed by atoms with Gasteiger partial charge in [-0.1, -0.05) is 0 Å². The predicted octanol–water partition coefficient (Wildman–Crippen LogP) is 0.0175. The molecule has 0 aliphatic carbocycles. The number of hydrogen-bond acceptors (Lipinski definition) is 5. The number of nitrogens with one attached hydrogen (secondary N) is 1. The first kappa shape index (κ1) is 14.8. The van der Waals surface area contributed by atoms with Gasteiger partial charge in [0.05, 0.1) is 30.0 Å². The van der Waals surface area contributed by atoms with Gasteiger partial charge in [0.15, 0.2) is 0 Å². The van der Waals surface area contributed by atoms with Gasteiger partial charge in [-0.15, -0.1) is 0 Å². The molecule has 1 aliphatic heterocycles. The number of anilines is 1. The summed E-state index contributed by atoms with van der Waals surface area (Å²) in [4.78, 5) is 14.5. The molecule has 1 aliphatic rings. The molecule has 1 amide bonds. The van der Waals surface area contributed by atoms with Crippen molar-refractivity contribution < 1.29 is 15.0 Å². The third-order valence-corrected chi connectivity index (χ3v) is 3.93. The second-order valence-corrected chi connectivity index (χ2v) is 5.51. The van der Waals surface area contributed by atoms with E-state index in [4.69, 9.17) is 5.11 Å². The quantitative estimate of drug-likeness (QED) is 0.724. The molecule has 3 rings (SSSR count). The lowest BCUT2D eigenvalue weighted by atomic mass is 10.2. The second-order valence-electron chi connectivity index (χ2n) is 5.51. The van der Waals surface area contributed by atoms with Crippen molar-refractivity contribution in [1.82, 2.24) is 14.9 Å². The van der Waals surface area contributed by atoms with Gasteiger partial charge in [-0.05, 0) is 25.0 Å². The van der Waals surface area contributed by atoms with Crippen LogP contribution >= 0.6 is 0 Å². The molecule has 0 spiro atoms.